The monoisotopic (exact) mass is 528 g/mol. The van der Waals surface area contributed by atoms with Crippen LogP contribution in [0.2, 0.25) is 0 Å². The molecule has 3 aromatic rings. The largest absolute Gasteiger partial charge is 0.368 e. The van der Waals surface area contributed by atoms with Crippen molar-refractivity contribution in [3.8, 4) is 0 Å². The topological polar surface area (TPSA) is 126 Å². The Bertz CT molecular complexity index is 1590. The number of fused-ring (bicyclic) bond motifs is 1. The van der Waals surface area contributed by atoms with Gasteiger partial charge in [-0.05, 0) is 55.7 Å². The zero-order valence-corrected chi connectivity index (χ0v) is 23.3. The van der Waals surface area contributed by atoms with E-state index < -0.39 is 11.5 Å². The van der Waals surface area contributed by atoms with E-state index in [1.807, 2.05) is 43.9 Å². The summed E-state index contributed by atoms with van der Waals surface area (Å²) in [7, 11) is 1.71. The molecule has 1 aliphatic carbocycles. The van der Waals surface area contributed by atoms with Crippen molar-refractivity contribution in [3.05, 3.63) is 94.2 Å². The maximum absolute atomic E-state index is 12.6. The number of nitrogens with zero attached hydrogens (tertiary/aromatic N) is 6. The van der Waals surface area contributed by atoms with Gasteiger partial charge in [-0.2, -0.15) is 9.66 Å². The molecule has 1 unspecified atom stereocenters. The third kappa shape index (κ3) is 6.00. The minimum absolute atomic E-state index is 0.0997. The van der Waals surface area contributed by atoms with Crippen molar-refractivity contribution in [3.63, 3.8) is 0 Å². The molecule has 0 aliphatic heterocycles. The van der Waals surface area contributed by atoms with Gasteiger partial charge < -0.3 is 14.9 Å². The van der Waals surface area contributed by atoms with E-state index in [9.17, 15) is 9.59 Å². The number of carbonyl (C=O) groups excluding carboxylic acids is 1. The first-order valence-corrected chi connectivity index (χ1v) is 12.9. The van der Waals surface area contributed by atoms with E-state index >= 15 is 0 Å². The van der Waals surface area contributed by atoms with E-state index in [0.717, 1.165) is 23.1 Å². The number of amides is 1. The summed E-state index contributed by atoms with van der Waals surface area (Å²) >= 11 is 0. The Morgan fingerprint density at radius 2 is 1.97 bits per heavy atom. The molecule has 1 atom stereocenters. The number of anilines is 1. The number of nitrogens with two attached hydrogens (primary N) is 1. The summed E-state index contributed by atoms with van der Waals surface area (Å²) in [5.41, 5.74) is 12.9. The number of imidazole rings is 2. The lowest BCUT2D eigenvalue weighted by Crippen LogP contribution is -2.35. The molecule has 1 aliphatic rings. The minimum Gasteiger partial charge on any atom is -0.368 e. The van der Waals surface area contributed by atoms with Crippen molar-refractivity contribution in [2.75, 3.05) is 11.2 Å². The van der Waals surface area contributed by atoms with Gasteiger partial charge in [-0.25, -0.2) is 9.97 Å². The van der Waals surface area contributed by atoms with Gasteiger partial charge in [0.15, 0.2) is 11.2 Å². The predicted octanol–water partition coefficient (Wildman–Crippen LogP) is 4.36. The van der Waals surface area contributed by atoms with E-state index in [1.165, 1.54) is 23.5 Å². The average Bonchev–Trinajstić information content (AvgIpc) is 3.52. The molecule has 0 radical (unpaired) electrons. The molecule has 3 heterocycles. The lowest BCUT2D eigenvalue weighted by molar-refractivity contribution is -0.112. The normalized spacial score (nSPS) is 18.6. The first kappa shape index (κ1) is 27.6. The molecule has 0 saturated heterocycles. The highest BCUT2D eigenvalue weighted by molar-refractivity contribution is 5.95. The van der Waals surface area contributed by atoms with Crippen LogP contribution in [0, 0.1) is 5.41 Å². The summed E-state index contributed by atoms with van der Waals surface area (Å²) in [6.45, 7) is 10.7. The van der Waals surface area contributed by atoms with Gasteiger partial charge in [0.1, 0.15) is 0 Å². The molecule has 1 amide bonds. The van der Waals surface area contributed by atoms with Crippen LogP contribution < -0.4 is 16.7 Å². The van der Waals surface area contributed by atoms with Crippen LogP contribution in [0.15, 0.2) is 88.6 Å². The number of aromatic nitrogens is 6. The van der Waals surface area contributed by atoms with Crippen LogP contribution in [-0.2, 0) is 11.8 Å². The van der Waals surface area contributed by atoms with E-state index in [-0.39, 0.29) is 16.9 Å². The maximum atomic E-state index is 12.6. The molecule has 39 heavy (non-hydrogen) atoms. The van der Waals surface area contributed by atoms with Gasteiger partial charge in [-0.1, -0.05) is 49.8 Å². The molecule has 0 fully saturated rings. The van der Waals surface area contributed by atoms with Crippen molar-refractivity contribution in [2.45, 2.75) is 53.5 Å². The average molecular weight is 529 g/mol. The predicted molar refractivity (Wildman–Crippen MR) is 154 cm³/mol. The number of allylic oxidation sites excluding steroid dienone is 9. The molecular weight excluding hydrogens is 492 g/mol. The molecule has 0 spiro atoms. The number of nitrogens with one attached hydrogen (secondary N) is 1. The highest BCUT2D eigenvalue weighted by Gasteiger charge is 2.32. The molecule has 4 rings (SSSR count). The molecule has 204 valence electrons. The van der Waals surface area contributed by atoms with Crippen LogP contribution in [0.25, 0.3) is 11.2 Å². The molecule has 10 nitrogen and oxygen atoms in total. The third-order valence-electron chi connectivity index (χ3n) is 7.15. The van der Waals surface area contributed by atoms with Crippen LogP contribution >= 0.6 is 0 Å². The molecular formula is C29H36N8O2. The summed E-state index contributed by atoms with van der Waals surface area (Å²) in [6, 6.07) is 0.330. The van der Waals surface area contributed by atoms with Crippen LogP contribution in [0.3, 0.4) is 0 Å². The van der Waals surface area contributed by atoms with Crippen molar-refractivity contribution < 1.29 is 4.79 Å². The Balaban J connectivity index is 1.44. The standard InChI is InChI=1S/C29H36N8O2/c1-19(10-11-22-21(3)23(12-13-29(22,4)5)36-15-14-31-17-36)8-7-9-20(2)16-24(38)34-37-27(39)25-26(33-28(37)30)35(6)18-32-25/h7-11,14-18,23H,12-13H2,1-6H3,(H2,30,33)(H,34,38)/b9-7+,11-10+,19-8+,20-16+. The van der Waals surface area contributed by atoms with Gasteiger partial charge in [-0.3, -0.25) is 15.0 Å². The zero-order valence-electron chi connectivity index (χ0n) is 23.3. The maximum Gasteiger partial charge on any atom is 0.302 e. The number of carbonyl (C=O) groups is 1. The fraction of sp³-hybridized carbons (Fsp3) is 0.345. The summed E-state index contributed by atoms with van der Waals surface area (Å²) in [4.78, 5) is 37.6. The Labute approximate surface area is 227 Å². The van der Waals surface area contributed by atoms with Crippen molar-refractivity contribution in [2.24, 2.45) is 12.5 Å². The lowest BCUT2D eigenvalue weighted by Gasteiger charge is -2.37. The van der Waals surface area contributed by atoms with Crippen molar-refractivity contribution in [1.29, 1.82) is 0 Å². The van der Waals surface area contributed by atoms with Crippen LogP contribution in [0.4, 0.5) is 5.95 Å². The zero-order chi connectivity index (χ0) is 28.3. The number of aryl methyl sites for hydroxylation is 1. The molecule has 0 aromatic carbocycles. The summed E-state index contributed by atoms with van der Waals surface area (Å²) in [5.74, 6) is -0.628. The molecule has 3 N–H and O–H groups in total. The molecule has 10 heteroatoms. The van der Waals surface area contributed by atoms with Gasteiger partial charge in [0.2, 0.25) is 5.95 Å². The first-order valence-electron chi connectivity index (χ1n) is 12.9. The number of nitrogen functional groups attached to an aromatic ring is 1. The fourth-order valence-corrected chi connectivity index (χ4v) is 4.95. The highest BCUT2D eigenvalue weighted by atomic mass is 16.2. The smallest absolute Gasteiger partial charge is 0.302 e. The second kappa shape index (κ2) is 11.1. The number of hydrogen-bond acceptors (Lipinski definition) is 6. The molecule has 0 bridgehead atoms. The number of hydrogen-bond donors (Lipinski definition) is 2. The van der Waals surface area contributed by atoms with Crippen molar-refractivity contribution >= 4 is 23.0 Å². The Kier molecular flexibility index (Phi) is 7.85. The quantitative estimate of drug-likeness (QED) is 0.347. The van der Waals surface area contributed by atoms with Gasteiger partial charge in [0.05, 0.1) is 18.7 Å². The van der Waals surface area contributed by atoms with E-state index in [4.69, 9.17) is 5.73 Å². The second-order valence-corrected chi connectivity index (χ2v) is 10.7. The van der Waals surface area contributed by atoms with E-state index in [1.54, 1.807) is 18.5 Å². The van der Waals surface area contributed by atoms with E-state index in [0.29, 0.717) is 17.3 Å². The molecule has 3 aromatic heterocycles. The van der Waals surface area contributed by atoms with Gasteiger partial charge >= 0.3 is 5.56 Å². The van der Waals surface area contributed by atoms with Gasteiger partial charge in [0.25, 0.3) is 5.91 Å². The van der Waals surface area contributed by atoms with Gasteiger partial charge in [-0.15, -0.1) is 0 Å². The summed E-state index contributed by atoms with van der Waals surface area (Å²) in [5, 5.41) is 0. The SMILES string of the molecule is CC1=C(/C=C/C(C)=C/C=C/C(C)=C/C(=O)Nn2c(N)nc3c(ncn3C)c2=O)C(C)(C)CCC1n1ccnc1. The fourth-order valence-electron chi connectivity index (χ4n) is 4.95. The third-order valence-corrected chi connectivity index (χ3v) is 7.15. The highest BCUT2D eigenvalue weighted by Crippen LogP contribution is 2.45. The van der Waals surface area contributed by atoms with Crippen molar-refractivity contribution in [1.82, 2.24) is 28.8 Å². The summed E-state index contributed by atoms with van der Waals surface area (Å²) < 4.78 is 4.68. The lowest BCUT2D eigenvalue weighted by atomic mass is 9.71. The minimum atomic E-state index is -0.541. The second-order valence-electron chi connectivity index (χ2n) is 10.7. The van der Waals surface area contributed by atoms with Crippen LogP contribution in [-0.4, -0.2) is 34.7 Å². The van der Waals surface area contributed by atoms with Gasteiger partial charge in [0, 0.05) is 25.5 Å². The number of rotatable bonds is 7. The van der Waals surface area contributed by atoms with Crippen LogP contribution in [0.1, 0.15) is 53.5 Å². The summed E-state index contributed by atoms with van der Waals surface area (Å²) in [6.07, 6.45) is 20.9. The first-order chi connectivity index (χ1) is 18.5. The Morgan fingerprint density at radius 1 is 1.21 bits per heavy atom. The molecule has 0 saturated carbocycles. The van der Waals surface area contributed by atoms with Crippen LogP contribution in [0.5, 0.6) is 0 Å². The van der Waals surface area contributed by atoms with E-state index in [2.05, 4.69) is 57.9 Å². The Hall–Kier alpha value is -4.47. The Morgan fingerprint density at radius 3 is 2.69 bits per heavy atom.